The summed E-state index contributed by atoms with van der Waals surface area (Å²) in [5, 5.41) is 5.58. The lowest BCUT2D eigenvalue weighted by Gasteiger charge is -2.09. The molecule has 0 aliphatic rings. The largest absolute Gasteiger partial charge is 0.497 e. The topological polar surface area (TPSA) is 81.1 Å². The van der Waals surface area contributed by atoms with Gasteiger partial charge in [-0.3, -0.25) is 4.57 Å². The minimum absolute atomic E-state index is 0.288. The maximum Gasteiger partial charge on any atom is 0.319 e. The quantitative estimate of drug-likeness (QED) is 0.756. The number of nitrogens with one attached hydrogen (secondary N) is 2. The number of carbonyl (C=O) groups excluding carboxylic acids is 1. The Bertz CT molecular complexity index is 817. The average Bonchev–Trinajstić information content (AvgIpc) is 3.15. The van der Waals surface area contributed by atoms with Gasteiger partial charge in [-0.05, 0) is 29.8 Å². The van der Waals surface area contributed by atoms with Crippen molar-refractivity contribution in [1.29, 1.82) is 0 Å². The molecular formula is C17H17N5O2. The van der Waals surface area contributed by atoms with E-state index in [1.165, 1.54) is 0 Å². The van der Waals surface area contributed by atoms with Gasteiger partial charge < -0.3 is 15.4 Å². The molecule has 0 atom stereocenters. The third-order valence-electron chi connectivity index (χ3n) is 3.36. The molecule has 2 aromatic heterocycles. The van der Waals surface area contributed by atoms with Crippen molar-refractivity contribution in [1.82, 2.24) is 19.9 Å². The number of rotatable bonds is 5. The third kappa shape index (κ3) is 3.89. The summed E-state index contributed by atoms with van der Waals surface area (Å²) >= 11 is 0. The highest BCUT2D eigenvalue weighted by Crippen LogP contribution is 2.16. The number of ether oxygens (including phenoxy) is 1. The SMILES string of the molecule is COc1cccc(NC(=O)NCc2ccnc(-n3ccnc3)c2)c1. The van der Waals surface area contributed by atoms with Crippen molar-refractivity contribution in [3.63, 3.8) is 0 Å². The maximum absolute atomic E-state index is 12.0. The summed E-state index contributed by atoms with van der Waals surface area (Å²) < 4.78 is 6.93. The number of nitrogens with zero attached hydrogens (tertiary/aromatic N) is 3. The summed E-state index contributed by atoms with van der Waals surface area (Å²) in [7, 11) is 1.58. The molecule has 0 spiro atoms. The molecule has 2 amide bonds. The molecule has 0 aliphatic heterocycles. The van der Waals surface area contributed by atoms with Crippen molar-refractivity contribution in [3.8, 4) is 11.6 Å². The maximum atomic E-state index is 12.0. The summed E-state index contributed by atoms with van der Waals surface area (Å²) in [6, 6.07) is 10.6. The highest BCUT2D eigenvalue weighted by Gasteiger charge is 2.04. The van der Waals surface area contributed by atoms with Crippen molar-refractivity contribution in [2.45, 2.75) is 6.54 Å². The van der Waals surface area contributed by atoms with E-state index in [2.05, 4.69) is 20.6 Å². The molecule has 122 valence electrons. The zero-order chi connectivity index (χ0) is 16.8. The van der Waals surface area contributed by atoms with E-state index >= 15 is 0 Å². The number of hydrogen-bond acceptors (Lipinski definition) is 4. The van der Waals surface area contributed by atoms with E-state index in [4.69, 9.17) is 4.74 Å². The number of methoxy groups -OCH3 is 1. The number of amides is 2. The smallest absolute Gasteiger partial charge is 0.319 e. The molecule has 0 aliphatic carbocycles. The van der Waals surface area contributed by atoms with E-state index in [0.29, 0.717) is 18.0 Å². The minimum atomic E-state index is -0.288. The Balaban J connectivity index is 1.59. The molecule has 0 unspecified atom stereocenters. The number of imidazole rings is 1. The van der Waals surface area contributed by atoms with Crippen LogP contribution in [0.3, 0.4) is 0 Å². The van der Waals surface area contributed by atoms with Crippen molar-refractivity contribution in [2.24, 2.45) is 0 Å². The van der Waals surface area contributed by atoms with Crippen molar-refractivity contribution in [2.75, 3.05) is 12.4 Å². The molecular weight excluding hydrogens is 306 g/mol. The predicted octanol–water partition coefficient (Wildman–Crippen LogP) is 2.60. The molecule has 0 bridgehead atoms. The van der Waals surface area contributed by atoms with Gasteiger partial charge in [-0.15, -0.1) is 0 Å². The van der Waals surface area contributed by atoms with Gasteiger partial charge in [0.25, 0.3) is 0 Å². The molecule has 2 heterocycles. The lowest BCUT2D eigenvalue weighted by atomic mass is 10.2. The van der Waals surface area contributed by atoms with Gasteiger partial charge in [0.1, 0.15) is 17.9 Å². The van der Waals surface area contributed by atoms with Crippen LogP contribution in [0.4, 0.5) is 10.5 Å². The second kappa shape index (κ2) is 7.28. The first-order valence-electron chi connectivity index (χ1n) is 7.37. The molecule has 1 aromatic carbocycles. The van der Waals surface area contributed by atoms with Crippen molar-refractivity contribution >= 4 is 11.7 Å². The fraction of sp³-hybridized carbons (Fsp3) is 0.118. The van der Waals surface area contributed by atoms with E-state index in [-0.39, 0.29) is 6.03 Å². The number of aromatic nitrogens is 3. The number of urea groups is 1. The summed E-state index contributed by atoms with van der Waals surface area (Å²) in [6.45, 7) is 0.389. The van der Waals surface area contributed by atoms with Gasteiger partial charge in [0, 0.05) is 36.9 Å². The lowest BCUT2D eigenvalue weighted by molar-refractivity contribution is 0.251. The van der Waals surface area contributed by atoms with Crippen LogP contribution in [-0.2, 0) is 6.54 Å². The highest BCUT2D eigenvalue weighted by molar-refractivity contribution is 5.89. The molecule has 7 heteroatoms. The van der Waals surface area contributed by atoms with Crippen molar-refractivity contribution < 1.29 is 9.53 Å². The Labute approximate surface area is 139 Å². The van der Waals surface area contributed by atoms with Gasteiger partial charge in [0.15, 0.2) is 0 Å². The number of benzene rings is 1. The van der Waals surface area contributed by atoms with Crippen LogP contribution in [0.15, 0.2) is 61.3 Å². The number of carbonyl (C=O) groups is 1. The standard InChI is InChI=1S/C17H17N5O2/c1-24-15-4-2-3-14(10-15)21-17(23)20-11-13-5-6-19-16(9-13)22-8-7-18-12-22/h2-10,12H,11H2,1H3,(H2,20,21,23). The molecule has 0 saturated heterocycles. The van der Waals surface area contributed by atoms with Gasteiger partial charge in [-0.1, -0.05) is 6.07 Å². The fourth-order valence-corrected chi connectivity index (χ4v) is 2.16. The summed E-state index contributed by atoms with van der Waals surface area (Å²) in [5.74, 6) is 1.44. The van der Waals surface area contributed by atoms with Gasteiger partial charge in [0.05, 0.1) is 7.11 Å². The normalized spacial score (nSPS) is 10.2. The monoisotopic (exact) mass is 323 g/mol. The van der Waals surface area contributed by atoms with Gasteiger partial charge in [-0.25, -0.2) is 14.8 Å². The van der Waals surface area contributed by atoms with Crippen LogP contribution in [0.1, 0.15) is 5.56 Å². The van der Waals surface area contributed by atoms with Gasteiger partial charge in [-0.2, -0.15) is 0 Å². The zero-order valence-corrected chi connectivity index (χ0v) is 13.1. The first kappa shape index (κ1) is 15.5. The summed E-state index contributed by atoms with van der Waals surface area (Å²) in [6.07, 6.45) is 6.88. The Hall–Kier alpha value is -3.35. The second-order valence-corrected chi connectivity index (χ2v) is 5.03. The van der Waals surface area contributed by atoms with Crippen LogP contribution in [0, 0.1) is 0 Å². The highest BCUT2D eigenvalue weighted by atomic mass is 16.5. The van der Waals surface area contributed by atoms with E-state index in [0.717, 1.165) is 11.4 Å². The summed E-state index contributed by atoms with van der Waals surface area (Å²) in [5.41, 5.74) is 1.61. The molecule has 3 rings (SSSR count). The van der Waals surface area contributed by atoms with E-state index in [9.17, 15) is 4.79 Å². The molecule has 24 heavy (non-hydrogen) atoms. The molecule has 7 nitrogen and oxygen atoms in total. The molecule has 0 saturated carbocycles. The number of pyridine rings is 1. The Morgan fingerprint density at radius 3 is 2.96 bits per heavy atom. The summed E-state index contributed by atoms with van der Waals surface area (Å²) in [4.78, 5) is 20.3. The average molecular weight is 323 g/mol. The Morgan fingerprint density at radius 2 is 2.17 bits per heavy atom. The van der Waals surface area contributed by atoms with Crippen LogP contribution in [-0.4, -0.2) is 27.7 Å². The molecule has 0 radical (unpaired) electrons. The zero-order valence-electron chi connectivity index (χ0n) is 13.1. The van der Waals surface area contributed by atoms with Gasteiger partial charge >= 0.3 is 6.03 Å². The Kier molecular flexibility index (Phi) is 4.71. The van der Waals surface area contributed by atoms with E-state index in [1.807, 2.05) is 30.5 Å². The van der Waals surface area contributed by atoms with Crippen LogP contribution >= 0.6 is 0 Å². The predicted molar refractivity (Wildman–Crippen MR) is 90.2 cm³/mol. The van der Waals surface area contributed by atoms with Gasteiger partial charge in [0.2, 0.25) is 0 Å². The fourth-order valence-electron chi connectivity index (χ4n) is 2.16. The van der Waals surface area contributed by atoms with E-state index < -0.39 is 0 Å². The van der Waals surface area contributed by atoms with Crippen LogP contribution in [0.2, 0.25) is 0 Å². The van der Waals surface area contributed by atoms with Crippen LogP contribution in [0.5, 0.6) is 5.75 Å². The lowest BCUT2D eigenvalue weighted by Crippen LogP contribution is -2.28. The first-order chi connectivity index (χ1) is 11.7. The minimum Gasteiger partial charge on any atom is -0.497 e. The molecule has 0 fully saturated rings. The van der Waals surface area contributed by atoms with E-state index in [1.54, 1.807) is 42.5 Å². The third-order valence-corrected chi connectivity index (χ3v) is 3.36. The Morgan fingerprint density at radius 1 is 1.25 bits per heavy atom. The number of anilines is 1. The molecule has 2 N–H and O–H groups in total. The van der Waals surface area contributed by atoms with Crippen molar-refractivity contribution in [3.05, 3.63) is 66.9 Å². The van der Waals surface area contributed by atoms with Crippen LogP contribution < -0.4 is 15.4 Å². The molecule has 3 aromatic rings. The second-order valence-electron chi connectivity index (χ2n) is 5.03. The van der Waals surface area contributed by atoms with Crippen LogP contribution in [0.25, 0.3) is 5.82 Å². The number of hydrogen-bond donors (Lipinski definition) is 2. The first-order valence-corrected chi connectivity index (χ1v) is 7.37.